The Labute approximate surface area is 88.1 Å². The highest BCUT2D eigenvalue weighted by Gasteiger charge is 1.95. The van der Waals surface area contributed by atoms with Gasteiger partial charge < -0.3 is 5.73 Å². The summed E-state index contributed by atoms with van der Waals surface area (Å²) in [6.07, 6.45) is 0.0754. The molecule has 1 rings (SSSR count). The smallest absolute Gasteiger partial charge is 0.229 e. The van der Waals surface area contributed by atoms with Crippen LogP contribution in [0.4, 0.5) is 0 Å². The van der Waals surface area contributed by atoms with Crippen molar-refractivity contribution in [3.05, 3.63) is 34.3 Å². The third-order valence-electron chi connectivity index (χ3n) is 1.69. The van der Waals surface area contributed by atoms with Crippen molar-refractivity contribution in [1.29, 1.82) is 0 Å². The first-order valence-electron chi connectivity index (χ1n) is 4.13. The van der Waals surface area contributed by atoms with Gasteiger partial charge in [0.1, 0.15) is 0 Å². The zero-order chi connectivity index (χ0) is 10.6. The van der Waals surface area contributed by atoms with E-state index in [1.54, 1.807) is 12.1 Å². The van der Waals surface area contributed by atoms with E-state index in [4.69, 9.17) is 17.3 Å². The molecule has 0 fully saturated rings. The van der Waals surface area contributed by atoms with Crippen LogP contribution in [0.25, 0.3) is 0 Å². The zero-order valence-corrected chi connectivity index (χ0v) is 8.56. The van der Waals surface area contributed by atoms with Crippen LogP contribution < -0.4 is 5.73 Å². The molecule has 0 saturated heterocycles. The minimum Gasteiger partial charge on any atom is -0.369 e. The molecular formula is C11H10ClNO. The first-order valence-corrected chi connectivity index (χ1v) is 4.50. The molecule has 0 radical (unpaired) electrons. The van der Waals surface area contributed by atoms with Gasteiger partial charge in [0.15, 0.2) is 0 Å². The second kappa shape index (κ2) is 4.69. The van der Waals surface area contributed by atoms with Crippen LogP contribution >= 0.6 is 11.6 Å². The van der Waals surface area contributed by atoms with Gasteiger partial charge in [0.25, 0.3) is 0 Å². The Morgan fingerprint density at radius 1 is 1.57 bits per heavy atom. The predicted octanol–water partition coefficient (Wildman–Crippen LogP) is 1.88. The molecule has 1 aromatic rings. The summed E-state index contributed by atoms with van der Waals surface area (Å²) in [6.45, 7) is 1.94. The van der Waals surface area contributed by atoms with E-state index in [0.717, 1.165) is 11.1 Å². The van der Waals surface area contributed by atoms with E-state index in [9.17, 15) is 4.79 Å². The van der Waals surface area contributed by atoms with E-state index >= 15 is 0 Å². The van der Waals surface area contributed by atoms with Crippen molar-refractivity contribution in [1.82, 2.24) is 0 Å². The van der Waals surface area contributed by atoms with Gasteiger partial charge in [-0.25, -0.2) is 0 Å². The Balaban J connectivity index is 2.88. The number of primary amides is 1. The third kappa shape index (κ3) is 3.12. The molecule has 3 heteroatoms. The van der Waals surface area contributed by atoms with Crippen LogP contribution in [0.3, 0.4) is 0 Å². The number of hydrogen-bond donors (Lipinski definition) is 1. The number of carbonyl (C=O) groups excluding carboxylic acids is 1. The van der Waals surface area contributed by atoms with Gasteiger partial charge in [0.05, 0.1) is 6.42 Å². The maximum atomic E-state index is 10.4. The maximum absolute atomic E-state index is 10.4. The Kier molecular flexibility index (Phi) is 3.55. The number of carbonyl (C=O) groups is 1. The molecule has 0 bridgehead atoms. The van der Waals surface area contributed by atoms with Gasteiger partial charge in [-0.15, -0.1) is 0 Å². The quantitative estimate of drug-likeness (QED) is 0.702. The van der Waals surface area contributed by atoms with Gasteiger partial charge in [-0.1, -0.05) is 29.5 Å². The average molecular weight is 208 g/mol. The lowest BCUT2D eigenvalue weighted by Gasteiger charge is -1.97. The number of nitrogens with two attached hydrogens (primary N) is 1. The molecule has 0 atom stereocenters. The Morgan fingerprint density at radius 3 is 2.93 bits per heavy atom. The SMILES string of the molecule is Cc1ccc(Cl)cc1C#CCC(N)=O. The number of rotatable bonds is 1. The van der Waals surface area contributed by atoms with E-state index in [1.807, 2.05) is 13.0 Å². The highest BCUT2D eigenvalue weighted by molar-refractivity contribution is 6.30. The summed E-state index contributed by atoms with van der Waals surface area (Å²) in [5.41, 5.74) is 6.82. The van der Waals surface area contributed by atoms with Gasteiger partial charge in [0, 0.05) is 10.6 Å². The molecule has 14 heavy (non-hydrogen) atoms. The van der Waals surface area contributed by atoms with Crippen molar-refractivity contribution >= 4 is 17.5 Å². The highest BCUT2D eigenvalue weighted by Crippen LogP contribution is 2.14. The Bertz CT molecular complexity index is 415. The third-order valence-corrected chi connectivity index (χ3v) is 1.92. The van der Waals surface area contributed by atoms with Crippen LogP contribution in [0.1, 0.15) is 17.5 Å². The second-order valence-electron chi connectivity index (χ2n) is 2.90. The molecule has 1 aromatic carbocycles. The Morgan fingerprint density at radius 2 is 2.29 bits per heavy atom. The van der Waals surface area contributed by atoms with Crippen LogP contribution in [-0.4, -0.2) is 5.91 Å². The van der Waals surface area contributed by atoms with Crippen LogP contribution in [0.2, 0.25) is 5.02 Å². The summed E-state index contributed by atoms with van der Waals surface area (Å²) in [6, 6.07) is 5.46. The number of hydrogen-bond acceptors (Lipinski definition) is 1. The van der Waals surface area contributed by atoms with E-state index in [-0.39, 0.29) is 6.42 Å². The monoisotopic (exact) mass is 207 g/mol. The zero-order valence-electron chi connectivity index (χ0n) is 7.80. The fraction of sp³-hybridized carbons (Fsp3) is 0.182. The number of halogens is 1. The lowest BCUT2D eigenvalue weighted by Crippen LogP contribution is -2.08. The summed E-state index contributed by atoms with van der Waals surface area (Å²) >= 11 is 5.80. The van der Waals surface area contributed by atoms with Crippen LogP contribution in [0, 0.1) is 18.8 Å². The molecule has 0 aliphatic rings. The molecule has 72 valence electrons. The average Bonchev–Trinajstić information content (AvgIpc) is 2.10. The molecule has 1 amide bonds. The van der Waals surface area contributed by atoms with Gasteiger partial charge in [0.2, 0.25) is 5.91 Å². The highest BCUT2D eigenvalue weighted by atomic mass is 35.5. The number of aryl methyl sites for hydroxylation is 1. The van der Waals surface area contributed by atoms with Gasteiger partial charge >= 0.3 is 0 Å². The van der Waals surface area contributed by atoms with E-state index in [2.05, 4.69) is 11.8 Å². The minimum atomic E-state index is -0.419. The lowest BCUT2D eigenvalue weighted by molar-refractivity contribution is -0.117. The van der Waals surface area contributed by atoms with Crippen LogP contribution in [0.5, 0.6) is 0 Å². The van der Waals surface area contributed by atoms with Crippen molar-refractivity contribution < 1.29 is 4.79 Å². The summed E-state index contributed by atoms with van der Waals surface area (Å²) in [7, 11) is 0. The standard InChI is InChI=1S/C11H10ClNO/c1-8-5-6-10(12)7-9(8)3-2-4-11(13)14/h5-7H,4H2,1H3,(H2,13,14). The maximum Gasteiger partial charge on any atom is 0.229 e. The summed E-state index contributed by atoms with van der Waals surface area (Å²) in [5, 5.41) is 0.638. The number of amides is 1. The summed E-state index contributed by atoms with van der Waals surface area (Å²) < 4.78 is 0. The fourth-order valence-electron chi connectivity index (χ4n) is 0.955. The van der Waals surface area contributed by atoms with Crippen molar-refractivity contribution in [3.63, 3.8) is 0 Å². The topological polar surface area (TPSA) is 43.1 Å². The molecule has 0 saturated carbocycles. The molecule has 2 N–H and O–H groups in total. The van der Waals surface area contributed by atoms with Gasteiger partial charge in [-0.3, -0.25) is 4.79 Å². The van der Waals surface area contributed by atoms with Crippen molar-refractivity contribution in [2.45, 2.75) is 13.3 Å². The summed E-state index contributed by atoms with van der Waals surface area (Å²) in [4.78, 5) is 10.4. The molecule has 0 aliphatic heterocycles. The van der Waals surface area contributed by atoms with Gasteiger partial charge in [-0.2, -0.15) is 0 Å². The second-order valence-corrected chi connectivity index (χ2v) is 3.34. The fourth-order valence-corrected chi connectivity index (χ4v) is 1.13. The summed E-state index contributed by atoms with van der Waals surface area (Å²) in [5.74, 6) is 5.12. The molecule has 0 spiro atoms. The molecule has 0 aliphatic carbocycles. The van der Waals surface area contributed by atoms with Gasteiger partial charge in [-0.05, 0) is 24.6 Å². The van der Waals surface area contributed by atoms with Crippen molar-refractivity contribution in [2.75, 3.05) is 0 Å². The molecule has 0 heterocycles. The lowest BCUT2D eigenvalue weighted by atomic mass is 10.1. The van der Waals surface area contributed by atoms with Crippen LogP contribution in [-0.2, 0) is 4.79 Å². The number of benzene rings is 1. The van der Waals surface area contributed by atoms with Crippen LogP contribution in [0.15, 0.2) is 18.2 Å². The van der Waals surface area contributed by atoms with E-state index in [0.29, 0.717) is 5.02 Å². The predicted molar refractivity (Wildman–Crippen MR) is 56.9 cm³/mol. The molecule has 0 aromatic heterocycles. The molecular weight excluding hydrogens is 198 g/mol. The molecule has 2 nitrogen and oxygen atoms in total. The first kappa shape index (κ1) is 10.6. The van der Waals surface area contributed by atoms with E-state index in [1.165, 1.54) is 0 Å². The molecule has 0 unspecified atom stereocenters. The minimum absolute atomic E-state index is 0.0754. The largest absolute Gasteiger partial charge is 0.369 e. The normalized spacial score (nSPS) is 9.00. The first-order chi connectivity index (χ1) is 6.59. The Hall–Kier alpha value is -1.46. The van der Waals surface area contributed by atoms with E-state index < -0.39 is 5.91 Å². The van der Waals surface area contributed by atoms with Crippen molar-refractivity contribution in [3.8, 4) is 11.8 Å². The van der Waals surface area contributed by atoms with Crippen molar-refractivity contribution in [2.24, 2.45) is 5.73 Å².